The van der Waals surface area contributed by atoms with Gasteiger partial charge in [-0.05, 0) is 32.3 Å². The van der Waals surface area contributed by atoms with Gasteiger partial charge in [0, 0.05) is 37.6 Å². The molecule has 0 saturated carbocycles. The molecule has 2 amide bonds. The standard InChI is InChI=1S/C19H26N4O3/c1-22(2)16(15-9-7-11-23(15)3)13-21-19(25)18(24)20-12-14-8-5-6-10-17(14)26-4/h5-11,16H,12-13H2,1-4H3,(H,20,24)(H,21,25). The van der Waals surface area contributed by atoms with Crippen molar-refractivity contribution in [1.29, 1.82) is 0 Å². The maximum atomic E-state index is 12.1. The van der Waals surface area contributed by atoms with E-state index in [9.17, 15) is 9.59 Å². The van der Waals surface area contributed by atoms with Gasteiger partial charge >= 0.3 is 11.8 Å². The zero-order chi connectivity index (χ0) is 19.1. The molecule has 7 heteroatoms. The van der Waals surface area contributed by atoms with E-state index in [1.165, 1.54) is 0 Å². The van der Waals surface area contributed by atoms with Crippen LogP contribution < -0.4 is 15.4 Å². The lowest BCUT2D eigenvalue weighted by Gasteiger charge is -2.25. The van der Waals surface area contributed by atoms with Crippen molar-refractivity contribution in [3.8, 4) is 5.75 Å². The number of hydrogen-bond donors (Lipinski definition) is 2. The number of carbonyl (C=O) groups is 2. The highest BCUT2D eigenvalue weighted by molar-refractivity contribution is 6.35. The molecule has 0 saturated heterocycles. The molecule has 0 aliphatic rings. The molecule has 0 bridgehead atoms. The van der Waals surface area contributed by atoms with Gasteiger partial charge in [0.05, 0.1) is 13.2 Å². The summed E-state index contributed by atoms with van der Waals surface area (Å²) in [5.41, 5.74) is 1.87. The highest BCUT2D eigenvalue weighted by Gasteiger charge is 2.20. The third kappa shape index (κ3) is 4.86. The molecule has 7 nitrogen and oxygen atoms in total. The number of methoxy groups -OCH3 is 1. The fraction of sp³-hybridized carbons (Fsp3) is 0.368. The van der Waals surface area contributed by atoms with Crippen LogP contribution in [0, 0.1) is 0 Å². The monoisotopic (exact) mass is 358 g/mol. The topological polar surface area (TPSA) is 75.6 Å². The molecule has 0 fully saturated rings. The predicted molar refractivity (Wildman–Crippen MR) is 99.7 cm³/mol. The number of amides is 2. The van der Waals surface area contributed by atoms with Crippen LogP contribution in [0.25, 0.3) is 0 Å². The van der Waals surface area contributed by atoms with Crippen LogP contribution in [0.1, 0.15) is 17.3 Å². The van der Waals surface area contributed by atoms with Gasteiger partial charge in [0.2, 0.25) is 0 Å². The average Bonchev–Trinajstić information content (AvgIpc) is 3.05. The number of carbonyl (C=O) groups excluding carboxylic acids is 2. The van der Waals surface area contributed by atoms with E-state index >= 15 is 0 Å². The summed E-state index contributed by atoms with van der Waals surface area (Å²) in [5, 5.41) is 5.33. The van der Waals surface area contributed by atoms with Crippen molar-refractivity contribution in [3.05, 3.63) is 53.9 Å². The number of aryl methyl sites for hydroxylation is 1. The molecule has 1 heterocycles. The van der Waals surface area contributed by atoms with Crippen LogP contribution in [0.15, 0.2) is 42.6 Å². The fourth-order valence-electron chi connectivity index (χ4n) is 2.75. The number of hydrogen-bond acceptors (Lipinski definition) is 4. The van der Waals surface area contributed by atoms with Crippen LogP contribution in [0.3, 0.4) is 0 Å². The summed E-state index contributed by atoms with van der Waals surface area (Å²) in [4.78, 5) is 26.2. The van der Waals surface area contributed by atoms with Gasteiger partial charge in [0.15, 0.2) is 0 Å². The molecule has 2 N–H and O–H groups in total. The molecule has 140 valence electrons. The minimum absolute atomic E-state index is 0.0269. The van der Waals surface area contributed by atoms with E-state index < -0.39 is 11.8 Å². The van der Waals surface area contributed by atoms with Crippen molar-refractivity contribution < 1.29 is 14.3 Å². The lowest BCUT2D eigenvalue weighted by Crippen LogP contribution is -2.43. The summed E-state index contributed by atoms with van der Waals surface area (Å²) >= 11 is 0. The van der Waals surface area contributed by atoms with Crippen molar-refractivity contribution in [2.24, 2.45) is 7.05 Å². The Morgan fingerprint density at radius 2 is 1.81 bits per heavy atom. The Balaban J connectivity index is 1.90. The lowest BCUT2D eigenvalue weighted by atomic mass is 10.2. The van der Waals surface area contributed by atoms with Gasteiger partial charge in [-0.3, -0.25) is 14.5 Å². The van der Waals surface area contributed by atoms with Gasteiger partial charge in [-0.2, -0.15) is 0 Å². The molecular formula is C19H26N4O3. The second-order valence-electron chi connectivity index (χ2n) is 6.23. The Morgan fingerprint density at radius 1 is 1.12 bits per heavy atom. The van der Waals surface area contributed by atoms with E-state index in [0.717, 1.165) is 11.3 Å². The van der Waals surface area contributed by atoms with Crippen LogP contribution in [-0.2, 0) is 23.2 Å². The number of likely N-dealkylation sites (N-methyl/N-ethyl adjacent to an activating group) is 1. The van der Waals surface area contributed by atoms with E-state index in [1.807, 2.05) is 73.2 Å². The van der Waals surface area contributed by atoms with Crippen LogP contribution in [0.2, 0.25) is 0 Å². The third-order valence-corrected chi connectivity index (χ3v) is 4.24. The van der Waals surface area contributed by atoms with Gasteiger partial charge in [-0.15, -0.1) is 0 Å². The number of aromatic nitrogens is 1. The van der Waals surface area contributed by atoms with Gasteiger partial charge in [0.1, 0.15) is 5.75 Å². The van der Waals surface area contributed by atoms with Gasteiger partial charge in [0.25, 0.3) is 0 Å². The first-order valence-corrected chi connectivity index (χ1v) is 8.39. The number of ether oxygens (including phenoxy) is 1. The molecule has 26 heavy (non-hydrogen) atoms. The first-order valence-electron chi connectivity index (χ1n) is 8.39. The summed E-state index contributed by atoms with van der Waals surface area (Å²) in [6, 6.07) is 11.3. The minimum Gasteiger partial charge on any atom is -0.496 e. The number of rotatable bonds is 7. The number of benzene rings is 1. The molecule has 1 aromatic carbocycles. The minimum atomic E-state index is -0.666. The van der Waals surface area contributed by atoms with Crippen molar-refractivity contribution in [2.45, 2.75) is 12.6 Å². The third-order valence-electron chi connectivity index (χ3n) is 4.24. The van der Waals surface area contributed by atoms with Crippen molar-refractivity contribution in [2.75, 3.05) is 27.7 Å². The molecule has 1 atom stereocenters. The zero-order valence-corrected chi connectivity index (χ0v) is 15.7. The van der Waals surface area contributed by atoms with Gasteiger partial charge in [-0.1, -0.05) is 18.2 Å². The van der Waals surface area contributed by atoms with Crippen LogP contribution >= 0.6 is 0 Å². The van der Waals surface area contributed by atoms with Crippen molar-refractivity contribution in [3.63, 3.8) is 0 Å². The van der Waals surface area contributed by atoms with Crippen LogP contribution in [0.5, 0.6) is 5.75 Å². The quantitative estimate of drug-likeness (QED) is 0.726. The largest absolute Gasteiger partial charge is 0.496 e. The van der Waals surface area contributed by atoms with E-state index in [0.29, 0.717) is 12.3 Å². The summed E-state index contributed by atoms with van der Waals surface area (Å²) in [6.07, 6.45) is 1.95. The molecule has 0 radical (unpaired) electrons. The van der Waals surface area contributed by atoms with Crippen molar-refractivity contribution >= 4 is 11.8 Å². The Bertz CT molecular complexity index is 755. The first-order chi connectivity index (χ1) is 12.4. The summed E-state index contributed by atoms with van der Waals surface area (Å²) in [5.74, 6) is -0.647. The number of nitrogens with one attached hydrogen (secondary N) is 2. The lowest BCUT2D eigenvalue weighted by molar-refractivity contribution is -0.139. The number of para-hydroxylation sites is 1. The second kappa shape index (κ2) is 9.05. The Labute approximate surface area is 153 Å². The molecule has 1 unspecified atom stereocenters. The SMILES string of the molecule is COc1ccccc1CNC(=O)C(=O)NCC(c1cccn1C)N(C)C. The highest BCUT2D eigenvalue weighted by Crippen LogP contribution is 2.18. The summed E-state index contributed by atoms with van der Waals surface area (Å²) in [7, 11) is 7.39. The van der Waals surface area contributed by atoms with Crippen LogP contribution in [-0.4, -0.2) is 49.0 Å². The molecule has 2 rings (SSSR count). The Kier molecular flexibility index (Phi) is 6.80. The highest BCUT2D eigenvalue weighted by atomic mass is 16.5. The van der Waals surface area contributed by atoms with E-state index in [-0.39, 0.29) is 12.6 Å². The average molecular weight is 358 g/mol. The molecule has 2 aromatic rings. The fourth-order valence-corrected chi connectivity index (χ4v) is 2.75. The zero-order valence-electron chi connectivity index (χ0n) is 15.7. The summed E-state index contributed by atoms with van der Waals surface area (Å²) in [6.45, 7) is 0.566. The van der Waals surface area contributed by atoms with E-state index in [2.05, 4.69) is 10.6 Å². The first kappa shape index (κ1) is 19.5. The molecule has 1 aromatic heterocycles. The second-order valence-corrected chi connectivity index (χ2v) is 6.23. The Morgan fingerprint density at radius 3 is 2.42 bits per heavy atom. The van der Waals surface area contributed by atoms with E-state index in [4.69, 9.17) is 4.74 Å². The van der Waals surface area contributed by atoms with Gasteiger partial charge < -0.3 is 19.9 Å². The smallest absolute Gasteiger partial charge is 0.309 e. The predicted octanol–water partition coefficient (Wildman–Crippen LogP) is 1.07. The van der Waals surface area contributed by atoms with Crippen molar-refractivity contribution in [1.82, 2.24) is 20.1 Å². The number of nitrogens with zero attached hydrogens (tertiary/aromatic N) is 2. The summed E-state index contributed by atoms with van der Waals surface area (Å²) < 4.78 is 7.23. The maximum Gasteiger partial charge on any atom is 0.309 e. The Hall–Kier alpha value is -2.80. The molecule has 0 aliphatic heterocycles. The maximum absolute atomic E-state index is 12.1. The molecular weight excluding hydrogens is 332 g/mol. The van der Waals surface area contributed by atoms with Gasteiger partial charge in [-0.25, -0.2) is 0 Å². The molecule has 0 spiro atoms. The van der Waals surface area contributed by atoms with Crippen LogP contribution in [0.4, 0.5) is 0 Å². The normalized spacial score (nSPS) is 11.9. The molecule has 0 aliphatic carbocycles. The van der Waals surface area contributed by atoms with E-state index in [1.54, 1.807) is 7.11 Å².